The summed E-state index contributed by atoms with van der Waals surface area (Å²) in [4.78, 5) is 33.8. The van der Waals surface area contributed by atoms with Crippen molar-refractivity contribution >= 4 is 23.4 Å². The number of halogens is 4. The number of fused-ring (bicyclic) bond motifs is 2. The van der Waals surface area contributed by atoms with Crippen LogP contribution < -0.4 is 10.6 Å². The number of nitrogens with zero attached hydrogens (tertiary/aromatic N) is 2. The molecule has 0 saturated heterocycles. The van der Waals surface area contributed by atoms with Crippen LogP contribution in [0.2, 0.25) is 5.02 Å². The third-order valence-corrected chi connectivity index (χ3v) is 8.55. The topological polar surface area (TPSA) is 104 Å². The number of alkyl halides is 1. The number of carbonyl (C=O) groups excluding carboxylic acids is 2. The molecule has 3 aliphatic carbocycles. The lowest BCUT2D eigenvalue weighted by Crippen LogP contribution is -2.43. The molecule has 5 rings (SSSR count). The van der Waals surface area contributed by atoms with E-state index in [1.54, 1.807) is 6.07 Å². The SMILES string of the molecule is O=C(Cc1ncccn1)N[C@H]1C[C@H](C(=O)N[C@H](c2c(F)ccc(Cl)c2F)C23CCC(F)(CC2)C3)C[C@H]1O. The second-order valence-electron chi connectivity index (χ2n) is 10.6. The van der Waals surface area contributed by atoms with Crippen molar-refractivity contribution in [2.45, 2.75) is 75.2 Å². The zero-order valence-electron chi connectivity index (χ0n) is 20.0. The van der Waals surface area contributed by atoms with Gasteiger partial charge in [-0.05, 0) is 68.6 Å². The van der Waals surface area contributed by atoms with Gasteiger partial charge in [0.1, 0.15) is 23.1 Å². The molecule has 3 aliphatic rings. The summed E-state index contributed by atoms with van der Waals surface area (Å²) >= 11 is 5.96. The standard InChI is InChI=1S/C26H28ClF3N4O3/c27-15-2-3-16(28)21(22(15)29)23(25-4-6-26(30,13-25)7-5-25)34-24(37)14-10-17(18(35)11-14)33-20(36)12-19-31-8-1-9-32-19/h1-3,8-9,14,17-18,23,35H,4-7,10-13H2,(H,33,36)(H,34,37)/t14-,17-,18+,23+,25?,26?/m0/s1. The first-order valence-electron chi connectivity index (χ1n) is 12.5. The van der Waals surface area contributed by atoms with Crippen LogP contribution in [0.5, 0.6) is 0 Å². The van der Waals surface area contributed by atoms with E-state index >= 15 is 8.78 Å². The first-order chi connectivity index (χ1) is 17.6. The summed E-state index contributed by atoms with van der Waals surface area (Å²) in [6.07, 6.45) is 3.58. The number of aliphatic hydroxyl groups excluding tert-OH is 1. The Kier molecular flexibility index (Phi) is 6.91. The monoisotopic (exact) mass is 536 g/mol. The van der Waals surface area contributed by atoms with Gasteiger partial charge in [-0.2, -0.15) is 0 Å². The van der Waals surface area contributed by atoms with Crippen LogP contribution >= 0.6 is 11.6 Å². The summed E-state index contributed by atoms with van der Waals surface area (Å²) < 4.78 is 45.2. The predicted molar refractivity (Wildman–Crippen MR) is 128 cm³/mol. The van der Waals surface area contributed by atoms with Gasteiger partial charge in [0, 0.05) is 23.9 Å². The summed E-state index contributed by atoms with van der Waals surface area (Å²) in [5, 5.41) is 15.8. The number of aliphatic hydroxyl groups is 1. The Morgan fingerprint density at radius 2 is 1.84 bits per heavy atom. The average Bonchev–Trinajstić information content (AvgIpc) is 3.52. The molecule has 1 heterocycles. The quantitative estimate of drug-likeness (QED) is 0.468. The average molecular weight is 537 g/mol. The van der Waals surface area contributed by atoms with Crippen LogP contribution in [0.3, 0.4) is 0 Å². The molecule has 0 unspecified atom stereocenters. The minimum absolute atomic E-state index is 0.0614. The Morgan fingerprint density at radius 1 is 1.14 bits per heavy atom. The van der Waals surface area contributed by atoms with Gasteiger partial charge in [0.05, 0.1) is 29.6 Å². The molecular formula is C26H28ClF3N4O3. The minimum atomic E-state index is -1.41. The molecule has 1 aromatic heterocycles. The molecule has 0 aliphatic heterocycles. The molecular weight excluding hydrogens is 509 g/mol. The van der Waals surface area contributed by atoms with E-state index < -0.39 is 58.6 Å². The first kappa shape index (κ1) is 25.9. The Balaban J connectivity index is 1.32. The summed E-state index contributed by atoms with van der Waals surface area (Å²) in [6, 6.07) is 1.99. The van der Waals surface area contributed by atoms with E-state index in [9.17, 15) is 19.1 Å². The van der Waals surface area contributed by atoms with Crippen molar-refractivity contribution in [1.29, 1.82) is 0 Å². The third-order valence-electron chi connectivity index (χ3n) is 8.26. The fourth-order valence-electron chi connectivity index (χ4n) is 6.38. The van der Waals surface area contributed by atoms with E-state index in [-0.39, 0.29) is 49.1 Å². The second kappa shape index (κ2) is 9.87. The number of rotatable bonds is 7. The number of aromatic nitrogens is 2. The number of benzene rings is 1. The van der Waals surface area contributed by atoms with E-state index in [0.717, 1.165) is 12.1 Å². The molecule has 7 nitrogen and oxygen atoms in total. The number of hydrogen-bond acceptors (Lipinski definition) is 5. The zero-order chi connectivity index (χ0) is 26.4. The Labute approximate surface area is 217 Å². The van der Waals surface area contributed by atoms with Gasteiger partial charge in [-0.3, -0.25) is 9.59 Å². The van der Waals surface area contributed by atoms with Crippen LogP contribution in [0.15, 0.2) is 30.6 Å². The molecule has 3 N–H and O–H groups in total. The Morgan fingerprint density at radius 3 is 2.49 bits per heavy atom. The maximum absolute atomic E-state index is 15.1. The van der Waals surface area contributed by atoms with Crippen molar-refractivity contribution in [3.05, 3.63) is 58.6 Å². The molecule has 3 fully saturated rings. The van der Waals surface area contributed by atoms with E-state index in [1.165, 1.54) is 12.4 Å². The Hall–Kier alpha value is -2.72. The van der Waals surface area contributed by atoms with Crippen LogP contribution in [-0.4, -0.2) is 44.7 Å². The van der Waals surface area contributed by atoms with Gasteiger partial charge in [-0.15, -0.1) is 0 Å². The molecule has 0 radical (unpaired) electrons. The lowest BCUT2D eigenvalue weighted by atomic mass is 9.74. The van der Waals surface area contributed by atoms with Gasteiger partial charge in [-0.25, -0.2) is 23.1 Å². The molecule has 2 aromatic rings. The molecule has 1 aromatic carbocycles. The molecule has 3 saturated carbocycles. The van der Waals surface area contributed by atoms with Crippen molar-refractivity contribution < 1.29 is 27.9 Å². The number of hydrogen-bond donors (Lipinski definition) is 3. The van der Waals surface area contributed by atoms with E-state index in [1.807, 2.05) is 0 Å². The third kappa shape index (κ3) is 5.05. The van der Waals surface area contributed by atoms with E-state index in [0.29, 0.717) is 18.7 Å². The van der Waals surface area contributed by atoms with Gasteiger partial charge >= 0.3 is 0 Å². The number of carbonyl (C=O) groups is 2. The summed E-state index contributed by atoms with van der Waals surface area (Å²) in [7, 11) is 0. The second-order valence-corrected chi connectivity index (χ2v) is 11.0. The lowest BCUT2D eigenvalue weighted by Gasteiger charge is -2.37. The van der Waals surface area contributed by atoms with Crippen molar-refractivity contribution in [1.82, 2.24) is 20.6 Å². The molecule has 0 spiro atoms. The molecule has 2 amide bonds. The highest BCUT2D eigenvalue weighted by Gasteiger charge is 2.59. The minimum Gasteiger partial charge on any atom is -0.391 e. The van der Waals surface area contributed by atoms with Crippen LogP contribution in [0.1, 0.15) is 62.4 Å². The number of amides is 2. The normalized spacial score (nSPS) is 31.3. The maximum Gasteiger partial charge on any atom is 0.227 e. The van der Waals surface area contributed by atoms with Crippen LogP contribution in [0.25, 0.3) is 0 Å². The van der Waals surface area contributed by atoms with E-state index in [2.05, 4.69) is 20.6 Å². The van der Waals surface area contributed by atoms with E-state index in [4.69, 9.17) is 11.6 Å². The Bertz CT molecular complexity index is 1190. The molecule has 2 bridgehead atoms. The lowest BCUT2D eigenvalue weighted by molar-refractivity contribution is -0.127. The van der Waals surface area contributed by atoms with Crippen molar-refractivity contribution in [3.8, 4) is 0 Å². The molecule has 37 heavy (non-hydrogen) atoms. The zero-order valence-corrected chi connectivity index (χ0v) is 20.8. The van der Waals surface area contributed by atoms with Crippen molar-refractivity contribution in [3.63, 3.8) is 0 Å². The predicted octanol–water partition coefficient (Wildman–Crippen LogP) is 3.74. The molecule has 198 valence electrons. The summed E-state index contributed by atoms with van der Waals surface area (Å²) in [6.45, 7) is 0. The van der Waals surface area contributed by atoms with Crippen molar-refractivity contribution in [2.75, 3.05) is 0 Å². The van der Waals surface area contributed by atoms with Crippen LogP contribution in [0, 0.1) is 23.0 Å². The van der Waals surface area contributed by atoms with Gasteiger partial charge in [-0.1, -0.05) is 11.6 Å². The number of nitrogens with one attached hydrogen (secondary N) is 2. The van der Waals surface area contributed by atoms with Gasteiger partial charge in [0.15, 0.2) is 0 Å². The highest BCUT2D eigenvalue weighted by atomic mass is 35.5. The maximum atomic E-state index is 15.1. The molecule has 11 heteroatoms. The van der Waals surface area contributed by atoms with Gasteiger partial charge in [0.25, 0.3) is 0 Å². The van der Waals surface area contributed by atoms with Crippen LogP contribution in [0.4, 0.5) is 13.2 Å². The first-order valence-corrected chi connectivity index (χ1v) is 12.8. The smallest absolute Gasteiger partial charge is 0.227 e. The highest BCUT2D eigenvalue weighted by molar-refractivity contribution is 6.30. The summed E-state index contributed by atoms with van der Waals surface area (Å²) in [5.41, 5.74) is -2.61. The fourth-order valence-corrected chi connectivity index (χ4v) is 6.54. The van der Waals surface area contributed by atoms with Crippen molar-refractivity contribution in [2.24, 2.45) is 11.3 Å². The van der Waals surface area contributed by atoms with Gasteiger partial charge < -0.3 is 15.7 Å². The highest BCUT2D eigenvalue weighted by Crippen LogP contribution is 2.63. The van der Waals surface area contributed by atoms with Crippen LogP contribution in [-0.2, 0) is 16.0 Å². The van der Waals surface area contributed by atoms with Gasteiger partial charge in [0.2, 0.25) is 11.8 Å². The summed E-state index contributed by atoms with van der Waals surface area (Å²) in [5.74, 6) is -3.12. The largest absolute Gasteiger partial charge is 0.391 e. The fraction of sp³-hybridized carbons (Fsp3) is 0.538. The molecule has 4 atom stereocenters.